The predicted molar refractivity (Wildman–Crippen MR) is 104 cm³/mol. The van der Waals surface area contributed by atoms with Gasteiger partial charge in [-0.2, -0.15) is 13.1 Å². The minimum Gasteiger partial charge on any atom is -0.207 e. The number of hydrogen-bond donors (Lipinski definition) is 0. The van der Waals surface area contributed by atoms with Crippen molar-refractivity contribution in [2.24, 2.45) is 0 Å². The normalized spacial score (nSPS) is 19.5. The van der Waals surface area contributed by atoms with Crippen LogP contribution in [-0.4, -0.2) is 28.0 Å². The maximum Gasteiger partial charge on any atom is 0.245 e. The van der Waals surface area contributed by atoms with Crippen LogP contribution in [0.4, 0.5) is 0 Å². The smallest absolute Gasteiger partial charge is 0.207 e. The lowest BCUT2D eigenvalue weighted by Gasteiger charge is -2.29. The van der Waals surface area contributed by atoms with Crippen molar-refractivity contribution < 1.29 is 8.42 Å². The Kier molecular flexibility index (Phi) is 4.96. The summed E-state index contributed by atoms with van der Waals surface area (Å²) < 4.78 is 37.1. The van der Waals surface area contributed by atoms with E-state index in [2.05, 4.69) is 8.75 Å². The first-order valence-corrected chi connectivity index (χ1v) is 11.1. The number of halogens is 1. The molecule has 2 heterocycles. The van der Waals surface area contributed by atoms with E-state index in [0.29, 0.717) is 22.6 Å². The molecule has 1 aliphatic rings. The van der Waals surface area contributed by atoms with Gasteiger partial charge in [0.25, 0.3) is 0 Å². The lowest BCUT2D eigenvalue weighted by atomic mass is 10.0. The van der Waals surface area contributed by atoms with Gasteiger partial charge < -0.3 is 0 Å². The molecule has 0 radical (unpaired) electrons. The van der Waals surface area contributed by atoms with E-state index in [9.17, 15) is 8.42 Å². The lowest BCUT2D eigenvalue weighted by molar-refractivity contribution is 0.329. The fraction of sp³-hybridized carbons (Fsp3) is 0.333. The zero-order valence-corrected chi connectivity index (χ0v) is 16.4. The second kappa shape index (κ2) is 7.23. The summed E-state index contributed by atoms with van der Waals surface area (Å²) in [6, 6.07) is 12.4. The molecule has 1 saturated heterocycles. The highest BCUT2D eigenvalue weighted by molar-refractivity contribution is 7.89. The average molecular weight is 408 g/mol. The van der Waals surface area contributed by atoms with Crippen LogP contribution in [0.2, 0.25) is 5.02 Å². The van der Waals surface area contributed by atoms with Crippen molar-refractivity contribution in [3.63, 3.8) is 0 Å². The summed E-state index contributed by atoms with van der Waals surface area (Å²) in [5.74, 6) is 0. The molecule has 0 saturated carbocycles. The van der Waals surface area contributed by atoms with Gasteiger partial charge in [0.15, 0.2) is 0 Å². The highest BCUT2D eigenvalue weighted by Gasteiger charge is 2.34. The van der Waals surface area contributed by atoms with Gasteiger partial charge in [-0.25, -0.2) is 8.42 Å². The first kappa shape index (κ1) is 17.9. The highest BCUT2D eigenvalue weighted by atomic mass is 35.5. The maximum atomic E-state index is 13.5. The molecule has 0 unspecified atom stereocenters. The molecule has 0 N–H and O–H groups in total. The molecular formula is C18H18ClN3O2S2. The zero-order chi connectivity index (χ0) is 18.1. The Morgan fingerprint density at radius 2 is 1.85 bits per heavy atom. The number of fused-ring (bicyclic) bond motifs is 1. The average Bonchev–Trinajstić information content (AvgIpc) is 2.98. The first-order chi connectivity index (χ1) is 12.6. The number of benzene rings is 2. The molecule has 1 aromatic heterocycles. The molecule has 1 fully saturated rings. The van der Waals surface area contributed by atoms with Crippen LogP contribution < -0.4 is 0 Å². The van der Waals surface area contributed by atoms with Crippen molar-refractivity contribution in [2.45, 2.75) is 36.6 Å². The number of aromatic nitrogens is 2. The Labute approximate surface area is 162 Å². The van der Waals surface area contributed by atoms with Crippen LogP contribution >= 0.6 is 23.3 Å². The van der Waals surface area contributed by atoms with Gasteiger partial charge in [0.2, 0.25) is 10.0 Å². The van der Waals surface area contributed by atoms with Crippen molar-refractivity contribution in [1.82, 2.24) is 13.1 Å². The number of hydrogen-bond acceptors (Lipinski definition) is 5. The maximum absolute atomic E-state index is 13.5. The van der Waals surface area contributed by atoms with E-state index in [1.54, 1.807) is 22.5 Å². The fourth-order valence-corrected chi connectivity index (χ4v) is 6.07. The molecule has 1 aliphatic heterocycles. The molecule has 8 heteroatoms. The third kappa shape index (κ3) is 3.24. The van der Waals surface area contributed by atoms with E-state index in [0.717, 1.165) is 43.0 Å². The third-order valence-electron chi connectivity index (χ3n) is 4.79. The van der Waals surface area contributed by atoms with E-state index < -0.39 is 10.0 Å². The lowest BCUT2D eigenvalue weighted by Crippen LogP contribution is -2.35. The van der Waals surface area contributed by atoms with Crippen LogP contribution in [0, 0.1) is 0 Å². The third-order valence-corrected chi connectivity index (χ3v) is 7.53. The molecule has 1 atom stereocenters. The van der Waals surface area contributed by atoms with Gasteiger partial charge in [0.05, 0.1) is 17.8 Å². The van der Waals surface area contributed by atoms with E-state index in [1.165, 1.54) is 0 Å². The zero-order valence-electron chi connectivity index (χ0n) is 14.0. The SMILES string of the molecule is O=S(=O)(c1cccc2nsnc12)N1CCCCC[C@H]1c1ccc(Cl)cc1. The Balaban J connectivity index is 1.81. The van der Waals surface area contributed by atoms with Crippen molar-refractivity contribution in [2.75, 3.05) is 6.54 Å². The van der Waals surface area contributed by atoms with Gasteiger partial charge in [-0.05, 0) is 42.7 Å². The summed E-state index contributed by atoms with van der Waals surface area (Å²) in [6.07, 6.45) is 3.68. The summed E-state index contributed by atoms with van der Waals surface area (Å²) in [5.41, 5.74) is 2.05. The monoisotopic (exact) mass is 407 g/mol. The molecule has 4 rings (SSSR count). The van der Waals surface area contributed by atoms with Gasteiger partial charge in [0, 0.05) is 11.6 Å². The van der Waals surface area contributed by atoms with Crippen LogP contribution in [-0.2, 0) is 10.0 Å². The molecule has 5 nitrogen and oxygen atoms in total. The quantitative estimate of drug-likeness (QED) is 0.633. The molecule has 136 valence electrons. The number of nitrogens with zero attached hydrogens (tertiary/aromatic N) is 3. The van der Waals surface area contributed by atoms with Gasteiger partial charge in [-0.3, -0.25) is 0 Å². The van der Waals surface area contributed by atoms with E-state index in [-0.39, 0.29) is 10.9 Å². The molecule has 0 amide bonds. The fourth-order valence-electron chi connectivity index (χ4n) is 3.50. The minimum absolute atomic E-state index is 0.193. The predicted octanol–water partition coefficient (Wildman–Crippen LogP) is 4.65. The Bertz CT molecular complexity index is 1020. The van der Waals surface area contributed by atoms with E-state index in [4.69, 9.17) is 11.6 Å². The van der Waals surface area contributed by atoms with Crippen molar-refractivity contribution in [3.8, 4) is 0 Å². The van der Waals surface area contributed by atoms with Crippen molar-refractivity contribution in [3.05, 3.63) is 53.1 Å². The van der Waals surface area contributed by atoms with Crippen LogP contribution in [0.25, 0.3) is 11.0 Å². The Morgan fingerprint density at radius 1 is 1.04 bits per heavy atom. The topological polar surface area (TPSA) is 63.2 Å². The van der Waals surface area contributed by atoms with Crippen LogP contribution in [0.15, 0.2) is 47.4 Å². The van der Waals surface area contributed by atoms with Crippen LogP contribution in [0.1, 0.15) is 37.3 Å². The molecule has 3 aromatic rings. The van der Waals surface area contributed by atoms with E-state index >= 15 is 0 Å². The first-order valence-electron chi connectivity index (χ1n) is 8.56. The second-order valence-corrected chi connectivity index (χ2v) is 9.24. The van der Waals surface area contributed by atoms with Gasteiger partial charge in [0.1, 0.15) is 15.9 Å². The molecule has 0 bridgehead atoms. The summed E-state index contributed by atoms with van der Waals surface area (Å²) >= 11 is 7.05. The van der Waals surface area contributed by atoms with Gasteiger partial charge in [-0.15, -0.1) is 0 Å². The summed E-state index contributed by atoms with van der Waals surface area (Å²) in [6.45, 7) is 0.504. The van der Waals surface area contributed by atoms with Crippen molar-refractivity contribution >= 4 is 44.4 Å². The molecule has 2 aromatic carbocycles. The number of rotatable bonds is 3. The summed E-state index contributed by atoms with van der Waals surface area (Å²) in [5, 5.41) is 0.648. The van der Waals surface area contributed by atoms with Crippen LogP contribution in [0.3, 0.4) is 0 Å². The number of sulfonamides is 1. The summed E-state index contributed by atoms with van der Waals surface area (Å²) in [4.78, 5) is 0.240. The second-order valence-electron chi connectivity index (χ2n) is 6.42. The van der Waals surface area contributed by atoms with E-state index in [1.807, 2.05) is 24.3 Å². The standard InChI is InChI=1S/C18H18ClN3O2S2/c19-14-10-8-13(9-11-14)16-6-2-1-3-12-22(16)26(23,24)17-7-4-5-15-18(17)21-25-20-15/h4-5,7-11,16H,1-3,6,12H2/t16-/m0/s1. The van der Waals surface area contributed by atoms with Gasteiger partial charge >= 0.3 is 0 Å². The molecule has 0 aliphatic carbocycles. The molecular weight excluding hydrogens is 390 g/mol. The van der Waals surface area contributed by atoms with Gasteiger partial charge in [-0.1, -0.05) is 42.6 Å². The molecule has 26 heavy (non-hydrogen) atoms. The largest absolute Gasteiger partial charge is 0.245 e. The Hall–Kier alpha value is -1.54. The minimum atomic E-state index is -3.68. The molecule has 0 spiro atoms. The summed E-state index contributed by atoms with van der Waals surface area (Å²) in [7, 11) is -3.68. The Morgan fingerprint density at radius 3 is 2.65 bits per heavy atom. The van der Waals surface area contributed by atoms with Crippen molar-refractivity contribution in [1.29, 1.82) is 0 Å². The highest BCUT2D eigenvalue weighted by Crippen LogP contribution is 2.36. The van der Waals surface area contributed by atoms with Crippen LogP contribution in [0.5, 0.6) is 0 Å².